The molecule has 0 aliphatic carbocycles. The van der Waals surface area contributed by atoms with Crippen LogP contribution < -0.4 is 11.5 Å². The molecule has 0 bridgehead atoms. The van der Waals surface area contributed by atoms with Gasteiger partial charge in [-0.2, -0.15) is 0 Å². The molecule has 2 rings (SSSR count). The SMILES string of the molecule is C=CC1CCC(CO)O1.NC[C@H]1CC(O)[C@@H](N)[C@@H](O)O1. The minimum absolute atomic E-state index is 0.0630. The van der Waals surface area contributed by atoms with E-state index < -0.39 is 18.4 Å². The predicted octanol–water partition coefficient (Wildman–Crippen LogP) is -1.55. The Morgan fingerprint density at radius 1 is 1.20 bits per heavy atom. The first kappa shape index (κ1) is 17.5. The van der Waals surface area contributed by atoms with Crippen molar-refractivity contribution in [3.05, 3.63) is 12.7 Å². The zero-order valence-corrected chi connectivity index (χ0v) is 11.6. The smallest absolute Gasteiger partial charge is 0.172 e. The molecule has 118 valence electrons. The van der Waals surface area contributed by atoms with Crippen LogP contribution in [-0.2, 0) is 9.47 Å². The highest BCUT2D eigenvalue weighted by Gasteiger charge is 2.33. The minimum atomic E-state index is -1.09. The summed E-state index contributed by atoms with van der Waals surface area (Å²) < 4.78 is 10.3. The fourth-order valence-corrected chi connectivity index (χ4v) is 2.15. The van der Waals surface area contributed by atoms with Crippen LogP contribution in [0.25, 0.3) is 0 Å². The molecule has 3 unspecified atom stereocenters. The van der Waals surface area contributed by atoms with Gasteiger partial charge in [-0.1, -0.05) is 6.08 Å². The van der Waals surface area contributed by atoms with E-state index in [0.717, 1.165) is 12.8 Å². The van der Waals surface area contributed by atoms with E-state index in [2.05, 4.69) is 6.58 Å². The number of hydrogen-bond acceptors (Lipinski definition) is 7. The van der Waals surface area contributed by atoms with Gasteiger partial charge in [0.2, 0.25) is 0 Å². The molecule has 7 N–H and O–H groups in total. The monoisotopic (exact) mass is 290 g/mol. The average Bonchev–Trinajstić information content (AvgIpc) is 2.93. The maximum absolute atomic E-state index is 9.23. The van der Waals surface area contributed by atoms with Gasteiger partial charge in [0, 0.05) is 13.0 Å². The molecule has 0 saturated carbocycles. The van der Waals surface area contributed by atoms with Gasteiger partial charge in [0.05, 0.1) is 37.1 Å². The van der Waals surface area contributed by atoms with Crippen LogP contribution in [0.15, 0.2) is 12.7 Å². The van der Waals surface area contributed by atoms with E-state index >= 15 is 0 Å². The van der Waals surface area contributed by atoms with E-state index in [-0.39, 0.29) is 24.9 Å². The third-order valence-corrected chi connectivity index (χ3v) is 3.48. The molecular weight excluding hydrogens is 264 g/mol. The molecule has 0 radical (unpaired) electrons. The largest absolute Gasteiger partial charge is 0.394 e. The average molecular weight is 290 g/mol. The molecule has 2 aliphatic heterocycles. The van der Waals surface area contributed by atoms with Crippen LogP contribution in [0.5, 0.6) is 0 Å². The first-order valence-corrected chi connectivity index (χ1v) is 6.87. The Labute approximate surface area is 119 Å². The highest BCUT2D eigenvalue weighted by molar-refractivity contribution is 4.86. The highest BCUT2D eigenvalue weighted by atomic mass is 16.6. The molecule has 0 spiro atoms. The standard InChI is InChI=1S/C7H12O2.C6H14N2O3/c1-2-6-3-4-7(5-8)9-6;7-2-3-1-4(9)5(8)6(10)11-3/h2,6-8H,1,3-5H2;3-6,9-10H,1-2,7-8H2/t;3-,4?,5-,6+/m.1/s1. The molecule has 2 fully saturated rings. The molecule has 7 nitrogen and oxygen atoms in total. The van der Waals surface area contributed by atoms with Gasteiger partial charge < -0.3 is 36.3 Å². The third-order valence-electron chi connectivity index (χ3n) is 3.48. The Morgan fingerprint density at radius 3 is 2.30 bits per heavy atom. The number of aliphatic hydroxyl groups excluding tert-OH is 3. The molecule has 0 amide bonds. The lowest BCUT2D eigenvalue weighted by Crippen LogP contribution is -2.54. The molecule has 6 atom stereocenters. The lowest BCUT2D eigenvalue weighted by Gasteiger charge is -2.34. The number of rotatable bonds is 3. The van der Waals surface area contributed by atoms with Crippen LogP contribution in [0.4, 0.5) is 0 Å². The summed E-state index contributed by atoms with van der Waals surface area (Å²) in [6.07, 6.45) is 2.32. The number of ether oxygens (including phenoxy) is 2. The Bertz CT molecular complexity index is 280. The second-order valence-electron chi connectivity index (χ2n) is 5.06. The van der Waals surface area contributed by atoms with Crippen LogP contribution in [0.3, 0.4) is 0 Å². The first-order chi connectivity index (χ1) is 9.51. The van der Waals surface area contributed by atoms with E-state index in [1.54, 1.807) is 6.08 Å². The molecule has 0 aromatic carbocycles. The Balaban J connectivity index is 0.000000204. The molecule has 2 saturated heterocycles. The Hall–Kier alpha value is -0.540. The van der Waals surface area contributed by atoms with Crippen molar-refractivity contribution in [2.75, 3.05) is 13.2 Å². The summed E-state index contributed by atoms with van der Waals surface area (Å²) in [6.45, 7) is 4.04. The quantitative estimate of drug-likeness (QED) is 0.398. The summed E-state index contributed by atoms with van der Waals surface area (Å²) in [5.41, 5.74) is 10.7. The summed E-state index contributed by atoms with van der Waals surface area (Å²) in [5.74, 6) is 0. The summed E-state index contributed by atoms with van der Waals surface area (Å²) in [7, 11) is 0. The van der Waals surface area contributed by atoms with Crippen LogP contribution >= 0.6 is 0 Å². The first-order valence-electron chi connectivity index (χ1n) is 6.87. The van der Waals surface area contributed by atoms with E-state index in [1.807, 2.05) is 0 Å². The second-order valence-corrected chi connectivity index (χ2v) is 5.06. The number of hydrogen-bond donors (Lipinski definition) is 5. The van der Waals surface area contributed by atoms with E-state index in [1.165, 1.54) is 0 Å². The minimum Gasteiger partial charge on any atom is -0.394 e. The fourth-order valence-electron chi connectivity index (χ4n) is 2.15. The van der Waals surface area contributed by atoms with E-state index in [9.17, 15) is 5.11 Å². The van der Waals surface area contributed by atoms with Gasteiger partial charge in [-0.15, -0.1) is 6.58 Å². The van der Waals surface area contributed by atoms with E-state index in [0.29, 0.717) is 13.0 Å². The van der Waals surface area contributed by atoms with Crippen molar-refractivity contribution >= 4 is 0 Å². The summed E-state index contributed by atoms with van der Waals surface area (Å²) >= 11 is 0. The van der Waals surface area contributed by atoms with Crippen molar-refractivity contribution in [3.63, 3.8) is 0 Å². The molecule has 7 heteroatoms. The van der Waals surface area contributed by atoms with E-state index in [4.69, 9.17) is 31.2 Å². The predicted molar refractivity (Wildman–Crippen MR) is 73.7 cm³/mol. The lowest BCUT2D eigenvalue weighted by atomic mass is 10.0. The van der Waals surface area contributed by atoms with Crippen molar-refractivity contribution in [3.8, 4) is 0 Å². The van der Waals surface area contributed by atoms with Crippen molar-refractivity contribution in [2.45, 2.75) is 56.0 Å². The molecule has 0 aromatic rings. The summed E-state index contributed by atoms with van der Waals surface area (Å²) in [5, 5.41) is 26.9. The van der Waals surface area contributed by atoms with Gasteiger partial charge in [0.25, 0.3) is 0 Å². The van der Waals surface area contributed by atoms with Crippen LogP contribution in [0.1, 0.15) is 19.3 Å². The van der Waals surface area contributed by atoms with Gasteiger partial charge in [0.1, 0.15) is 0 Å². The van der Waals surface area contributed by atoms with Crippen LogP contribution in [0, 0.1) is 0 Å². The molecular formula is C13H26N2O5. The Kier molecular flexibility index (Phi) is 7.60. The van der Waals surface area contributed by atoms with Gasteiger partial charge in [-0.3, -0.25) is 0 Å². The molecule has 2 heterocycles. The normalized spacial score (nSPS) is 40.9. The number of aliphatic hydroxyl groups is 3. The third kappa shape index (κ3) is 5.10. The maximum atomic E-state index is 9.23. The van der Waals surface area contributed by atoms with Crippen molar-refractivity contribution in [1.29, 1.82) is 0 Å². The molecule has 20 heavy (non-hydrogen) atoms. The molecule has 0 aromatic heterocycles. The van der Waals surface area contributed by atoms with Gasteiger partial charge in [0.15, 0.2) is 6.29 Å². The fraction of sp³-hybridized carbons (Fsp3) is 0.846. The van der Waals surface area contributed by atoms with Crippen LogP contribution in [0.2, 0.25) is 0 Å². The van der Waals surface area contributed by atoms with Crippen molar-refractivity contribution in [1.82, 2.24) is 0 Å². The van der Waals surface area contributed by atoms with Gasteiger partial charge in [-0.05, 0) is 12.8 Å². The van der Waals surface area contributed by atoms with Crippen LogP contribution in [-0.4, -0.2) is 65.2 Å². The second kappa shape index (κ2) is 8.68. The van der Waals surface area contributed by atoms with Gasteiger partial charge >= 0.3 is 0 Å². The summed E-state index contributed by atoms with van der Waals surface area (Å²) in [4.78, 5) is 0. The number of nitrogens with two attached hydrogens (primary N) is 2. The Morgan fingerprint density at radius 2 is 1.90 bits per heavy atom. The zero-order chi connectivity index (χ0) is 15.1. The zero-order valence-electron chi connectivity index (χ0n) is 11.6. The highest BCUT2D eigenvalue weighted by Crippen LogP contribution is 2.19. The summed E-state index contributed by atoms with van der Waals surface area (Å²) in [6, 6.07) is -0.710. The van der Waals surface area contributed by atoms with Gasteiger partial charge in [-0.25, -0.2) is 0 Å². The maximum Gasteiger partial charge on any atom is 0.172 e. The molecule has 2 aliphatic rings. The van der Waals surface area contributed by atoms with Crippen molar-refractivity contribution in [2.24, 2.45) is 11.5 Å². The van der Waals surface area contributed by atoms with Crippen molar-refractivity contribution < 1.29 is 24.8 Å². The lowest BCUT2D eigenvalue weighted by molar-refractivity contribution is -0.197. The topological polar surface area (TPSA) is 131 Å².